The number of fused-ring (bicyclic) bond motifs is 1. The first-order valence-corrected chi connectivity index (χ1v) is 5.32. The van der Waals surface area contributed by atoms with Gasteiger partial charge in [-0.05, 0) is 35.0 Å². The number of halogens is 1. The lowest BCUT2D eigenvalue weighted by atomic mass is 10.2. The second-order valence-corrected chi connectivity index (χ2v) is 3.78. The van der Waals surface area contributed by atoms with Gasteiger partial charge in [0.25, 0.3) is 0 Å². The van der Waals surface area contributed by atoms with Gasteiger partial charge in [-0.25, -0.2) is 9.31 Å². The zero-order valence-corrected chi connectivity index (χ0v) is 9.69. The van der Waals surface area contributed by atoms with Crippen LogP contribution in [0.3, 0.4) is 0 Å². The van der Waals surface area contributed by atoms with Gasteiger partial charge < -0.3 is 4.74 Å². The topological polar surface area (TPSA) is 43.6 Å². The highest BCUT2D eigenvalue weighted by atomic mass is 79.9. The molecule has 0 radical (unpaired) electrons. The fourth-order valence-corrected chi connectivity index (χ4v) is 1.87. The molecule has 2 rings (SSSR count). The highest BCUT2D eigenvalue weighted by Crippen LogP contribution is 2.21. The van der Waals surface area contributed by atoms with Crippen molar-refractivity contribution in [1.29, 1.82) is 0 Å². The summed E-state index contributed by atoms with van der Waals surface area (Å²) in [6.07, 6.45) is 3.43. The molecule has 0 aromatic carbocycles. The number of nitrogens with zero attached hydrogens (tertiary/aromatic N) is 2. The molecule has 0 unspecified atom stereocenters. The molecule has 0 aliphatic carbocycles. The van der Waals surface area contributed by atoms with E-state index in [1.165, 1.54) is 0 Å². The maximum absolute atomic E-state index is 11.6. The smallest absolute Gasteiger partial charge is 0.340 e. The van der Waals surface area contributed by atoms with Crippen LogP contribution in [0.25, 0.3) is 5.52 Å². The summed E-state index contributed by atoms with van der Waals surface area (Å²) < 4.78 is 7.38. The molecule has 2 heterocycles. The number of hydrogen-bond acceptors (Lipinski definition) is 3. The van der Waals surface area contributed by atoms with Gasteiger partial charge in [0.05, 0.1) is 28.4 Å². The lowest BCUT2D eigenvalue weighted by molar-refractivity contribution is 0.0528. The quantitative estimate of drug-likeness (QED) is 0.785. The number of rotatable bonds is 2. The molecule has 15 heavy (non-hydrogen) atoms. The summed E-state index contributed by atoms with van der Waals surface area (Å²) in [5, 5.41) is 4.08. The Kier molecular flexibility index (Phi) is 2.73. The summed E-state index contributed by atoms with van der Waals surface area (Å²) in [5.74, 6) is -0.329. The average molecular weight is 269 g/mol. The Hall–Kier alpha value is -1.36. The van der Waals surface area contributed by atoms with Gasteiger partial charge in [-0.15, -0.1) is 0 Å². The van der Waals surface area contributed by atoms with Crippen LogP contribution in [0.4, 0.5) is 0 Å². The zero-order chi connectivity index (χ0) is 10.8. The predicted molar refractivity (Wildman–Crippen MR) is 58.8 cm³/mol. The van der Waals surface area contributed by atoms with E-state index in [0.717, 1.165) is 9.99 Å². The summed E-state index contributed by atoms with van der Waals surface area (Å²) >= 11 is 3.35. The minimum absolute atomic E-state index is 0.329. The minimum Gasteiger partial charge on any atom is -0.462 e. The normalized spacial score (nSPS) is 10.5. The van der Waals surface area contributed by atoms with Gasteiger partial charge in [0.2, 0.25) is 0 Å². The minimum atomic E-state index is -0.329. The van der Waals surface area contributed by atoms with Crippen LogP contribution in [-0.2, 0) is 4.74 Å². The Balaban J connectivity index is 2.59. The molecule has 78 valence electrons. The highest BCUT2D eigenvalue weighted by molar-refractivity contribution is 9.10. The van der Waals surface area contributed by atoms with Crippen molar-refractivity contribution in [1.82, 2.24) is 9.61 Å². The predicted octanol–water partition coefficient (Wildman–Crippen LogP) is 2.27. The van der Waals surface area contributed by atoms with Crippen molar-refractivity contribution in [2.45, 2.75) is 6.92 Å². The summed E-state index contributed by atoms with van der Waals surface area (Å²) in [7, 11) is 0. The van der Waals surface area contributed by atoms with Crippen molar-refractivity contribution in [3.8, 4) is 0 Å². The molecule has 2 aromatic heterocycles. The Labute approximate surface area is 95.0 Å². The van der Waals surface area contributed by atoms with E-state index in [1.807, 2.05) is 0 Å². The van der Waals surface area contributed by atoms with Gasteiger partial charge in [0.1, 0.15) is 0 Å². The van der Waals surface area contributed by atoms with Crippen LogP contribution in [0.5, 0.6) is 0 Å². The van der Waals surface area contributed by atoms with Gasteiger partial charge >= 0.3 is 5.97 Å². The Morgan fingerprint density at radius 2 is 2.47 bits per heavy atom. The summed E-state index contributed by atoms with van der Waals surface area (Å²) in [6, 6.07) is 3.48. The third-order valence-corrected chi connectivity index (χ3v) is 2.57. The molecule has 0 fully saturated rings. The molecular formula is C10H9BrN2O2. The fourth-order valence-electron chi connectivity index (χ4n) is 1.38. The average Bonchev–Trinajstić information content (AvgIpc) is 2.61. The lowest BCUT2D eigenvalue weighted by Crippen LogP contribution is -2.06. The summed E-state index contributed by atoms with van der Waals surface area (Å²) in [4.78, 5) is 11.6. The molecule has 2 aromatic rings. The van der Waals surface area contributed by atoms with E-state index in [9.17, 15) is 4.79 Å². The van der Waals surface area contributed by atoms with E-state index in [2.05, 4.69) is 21.0 Å². The Bertz CT molecular complexity index is 507. The van der Waals surface area contributed by atoms with Crippen molar-refractivity contribution in [3.05, 3.63) is 34.6 Å². The van der Waals surface area contributed by atoms with E-state index in [0.29, 0.717) is 12.2 Å². The van der Waals surface area contributed by atoms with Crippen molar-refractivity contribution in [2.75, 3.05) is 6.61 Å². The molecule has 0 amide bonds. The first-order valence-electron chi connectivity index (χ1n) is 4.53. The molecule has 0 aliphatic rings. The van der Waals surface area contributed by atoms with Crippen LogP contribution in [0, 0.1) is 0 Å². The largest absolute Gasteiger partial charge is 0.462 e. The second kappa shape index (κ2) is 4.02. The molecular weight excluding hydrogens is 260 g/mol. The standard InChI is InChI=1S/C10H9BrN2O2/c1-2-15-10(14)7-4-3-5-13-9(7)8(11)6-12-13/h3-6H,2H2,1H3. The van der Waals surface area contributed by atoms with E-state index < -0.39 is 0 Å². The monoisotopic (exact) mass is 268 g/mol. The molecule has 0 atom stereocenters. The summed E-state index contributed by atoms with van der Waals surface area (Å²) in [5.41, 5.74) is 1.25. The molecule has 0 N–H and O–H groups in total. The number of aromatic nitrogens is 2. The van der Waals surface area contributed by atoms with Crippen molar-refractivity contribution >= 4 is 27.4 Å². The number of pyridine rings is 1. The van der Waals surface area contributed by atoms with E-state index in [4.69, 9.17) is 4.74 Å². The molecule has 0 bridgehead atoms. The molecule has 0 saturated heterocycles. The SMILES string of the molecule is CCOC(=O)c1cccn2ncc(Br)c12. The van der Waals surface area contributed by atoms with Crippen LogP contribution in [0.15, 0.2) is 29.0 Å². The molecule has 0 saturated carbocycles. The first-order chi connectivity index (χ1) is 7.24. The van der Waals surface area contributed by atoms with Gasteiger partial charge in [-0.3, -0.25) is 0 Å². The zero-order valence-electron chi connectivity index (χ0n) is 8.11. The third-order valence-electron chi connectivity index (χ3n) is 1.99. The number of hydrogen-bond donors (Lipinski definition) is 0. The molecule has 0 spiro atoms. The van der Waals surface area contributed by atoms with E-state index in [1.54, 1.807) is 36.0 Å². The lowest BCUT2D eigenvalue weighted by Gasteiger charge is -2.03. The van der Waals surface area contributed by atoms with Crippen LogP contribution in [0.1, 0.15) is 17.3 Å². The maximum Gasteiger partial charge on any atom is 0.340 e. The third kappa shape index (κ3) is 1.74. The molecule has 5 heteroatoms. The van der Waals surface area contributed by atoms with Crippen LogP contribution in [0.2, 0.25) is 0 Å². The van der Waals surface area contributed by atoms with Crippen LogP contribution >= 0.6 is 15.9 Å². The van der Waals surface area contributed by atoms with E-state index >= 15 is 0 Å². The number of esters is 1. The number of ether oxygens (including phenoxy) is 1. The second-order valence-electron chi connectivity index (χ2n) is 2.93. The van der Waals surface area contributed by atoms with Crippen LogP contribution < -0.4 is 0 Å². The van der Waals surface area contributed by atoms with Crippen molar-refractivity contribution in [3.63, 3.8) is 0 Å². The van der Waals surface area contributed by atoms with Crippen molar-refractivity contribution in [2.24, 2.45) is 0 Å². The Morgan fingerprint density at radius 1 is 1.67 bits per heavy atom. The van der Waals surface area contributed by atoms with Gasteiger partial charge in [-0.1, -0.05) is 0 Å². The van der Waals surface area contributed by atoms with Crippen LogP contribution in [-0.4, -0.2) is 22.2 Å². The first kappa shape index (κ1) is 10.2. The molecule has 0 aliphatic heterocycles. The number of carbonyl (C=O) groups is 1. The summed E-state index contributed by atoms with van der Waals surface area (Å²) in [6.45, 7) is 2.15. The van der Waals surface area contributed by atoms with Crippen molar-refractivity contribution < 1.29 is 9.53 Å². The number of carbonyl (C=O) groups excluding carboxylic acids is 1. The Morgan fingerprint density at radius 3 is 3.20 bits per heavy atom. The maximum atomic E-state index is 11.6. The fraction of sp³-hybridized carbons (Fsp3) is 0.200. The highest BCUT2D eigenvalue weighted by Gasteiger charge is 2.14. The van der Waals surface area contributed by atoms with Gasteiger partial charge in [-0.2, -0.15) is 5.10 Å². The molecule has 4 nitrogen and oxygen atoms in total. The van der Waals surface area contributed by atoms with Gasteiger partial charge in [0.15, 0.2) is 0 Å². The van der Waals surface area contributed by atoms with E-state index in [-0.39, 0.29) is 5.97 Å². The van der Waals surface area contributed by atoms with Gasteiger partial charge in [0, 0.05) is 6.20 Å².